The number of hydrogen-bond acceptors (Lipinski definition) is 0. The molecule has 1 aliphatic carbocycles. The highest BCUT2D eigenvalue weighted by Gasteiger charge is 2.39. The van der Waals surface area contributed by atoms with E-state index in [1.54, 1.807) is 5.56 Å². The van der Waals surface area contributed by atoms with Crippen molar-refractivity contribution in [2.24, 2.45) is 5.92 Å². The van der Waals surface area contributed by atoms with Crippen LogP contribution in [-0.2, 0) is 5.16 Å². The van der Waals surface area contributed by atoms with Crippen LogP contribution in [0.1, 0.15) is 95.5 Å². The van der Waals surface area contributed by atoms with Crippen molar-refractivity contribution in [2.75, 3.05) is 6.16 Å². The molecule has 24 heavy (non-hydrogen) atoms. The maximum atomic E-state index is 2.47. The monoisotopic (exact) mass is 344 g/mol. The Morgan fingerprint density at radius 1 is 0.667 bits per heavy atom. The molecular formula is C23H37P. The third-order valence-electron chi connectivity index (χ3n) is 6.53. The SMILES string of the molecule is c1ccc(C2(C3CCCCCCCC3)CCCCCCCP2)cc1. The van der Waals surface area contributed by atoms with Gasteiger partial charge in [-0.3, -0.25) is 0 Å². The highest BCUT2D eigenvalue weighted by molar-refractivity contribution is 7.39. The molecule has 1 aromatic rings. The summed E-state index contributed by atoms with van der Waals surface area (Å²) >= 11 is 0. The first kappa shape index (κ1) is 18.4. The van der Waals surface area contributed by atoms with Crippen molar-refractivity contribution >= 4 is 8.58 Å². The van der Waals surface area contributed by atoms with Gasteiger partial charge in [0.1, 0.15) is 0 Å². The van der Waals surface area contributed by atoms with Crippen LogP contribution in [0.25, 0.3) is 0 Å². The largest absolute Gasteiger partial charge is 0.111 e. The summed E-state index contributed by atoms with van der Waals surface area (Å²) in [5.74, 6) is 0.939. The van der Waals surface area contributed by atoms with E-state index >= 15 is 0 Å². The molecule has 0 radical (unpaired) electrons. The van der Waals surface area contributed by atoms with E-state index in [9.17, 15) is 0 Å². The molecule has 1 saturated heterocycles. The average Bonchev–Trinajstić information content (AvgIpc) is 2.84. The van der Waals surface area contributed by atoms with Crippen LogP contribution in [0.2, 0.25) is 0 Å². The zero-order chi connectivity index (χ0) is 16.5. The Bertz CT molecular complexity index is 432. The molecule has 1 heteroatoms. The minimum atomic E-state index is 0.510. The summed E-state index contributed by atoms with van der Waals surface area (Å²) in [6, 6.07) is 11.7. The first-order valence-electron chi connectivity index (χ1n) is 10.7. The fourth-order valence-electron chi connectivity index (χ4n) is 5.15. The first-order chi connectivity index (χ1) is 11.9. The van der Waals surface area contributed by atoms with Crippen LogP contribution in [0, 0.1) is 5.92 Å². The molecule has 2 fully saturated rings. The van der Waals surface area contributed by atoms with Gasteiger partial charge in [0.25, 0.3) is 0 Å². The van der Waals surface area contributed by atoms with Gasteiger partial charge >= 0.3 is 0 Å². The molecular weight excluding hydrogens is 307 g/mol. The van der Waals surface area contributed by atoms with E-state index in [2.05, 4.69) is 30.3 Å². The molecule has 0 aromatic heterocycles. The second kappa shape index (κ2) is 9.96. The molecule has 1 aliphatic heterocycles. The predicted molar refractivity (Wildman–Crippen MR) is 109 cm³/mol. The van der Waals surface area contributed by atoms with Crippen molar-refractivity contribution in [3.8, 4) is 0 Å². The smallest absolute Gasteiger partial charge is 0.0154 e. The zero-order valence-corrected chi connectivity index (χ0v) is 16.6. The topological polar surface area (TPSA) is 0 Å². The molecule has 2 unspecified atom stereocenters. The van der Waals surface area contributed by atoms with Crippen LogP contribution in [0.3, 0.4) is 0 Å². The van der Waals surface area contributed by atoms with Crippen LogP contribution >= 0.6 is 8.58 Å². The number of benzene rings is 1. The van der Waals surface area contributed by atoms with Crippen LogP contribution in [0.15, 0.2) is 30.3 Å². The van der Waals surface area contributed by atoms with Gasteiger partial charge in [0.05, 0.1) is 0 Å². The Morgan fingerprint density at radius 3 is 1.96 bits per heavy atom. The third kappa shape index (κ3) is 4.85. The molecule has 0 spiro atoms. The molecule has 0 bridgehead atoms. The van der Waals surface area contributed by atoms with Crippen molar-refractivity contribution in [2.45, 2.75) is 95.0 Å². The quantitative estimate of drug-likeness (QED) is 0.483. The number of hydrogen-bond donors (Lipinski definition) is 0. The Hall–Kier alpha value is -0.350. The van der Waals surface area contributed by atoms with E-state index in [4.69, 9.17) is 0 Å². The van der Waals surface area contributed by atoms with Gasteiger partial charge in [0.2, 0.25) is 0 Å². The number of rotatable bonds is 2. The molecule has 1 heterocycles. The predicted octanol–water partition coefficient (Wildman–Crippen LogP) is 7.67. The summed E-state index contributed by atoms with van der Waals surface area (Å²) in [5, 5.41) is 0.510. The van der Waals surface area contributed by atoms with E-state index in [1.165, 1.54) is 96.1 Å². The van der Waals surface area contributed by atoms with Gasteiger partial charge in [-0.05, 0) is 43.3 Å². The van der Waals surface area contributed by atoms with Gasteiger partial charge in [0.15, 0.2) is 0 Å². The van der Waals surface area contributed by atoms with E-state index in [0.29, 0.717) is 5.16 Å². The summed E-state index contributed by atoms with van der Waals surface area (Å²) in [4.78, 5) is 0. The highest BCUT2D eigenvalue weighted by Crippen LogP contribution is 2.55. The van der Waals surface area contributed by atoms with Gasteiger partial charge in [-0.25, -0.2) is 0 Å². The van der Waals surface area contributed by atoms with Crippen LogP contribution in [-0.4, -0.2) is 6.16 Å². The maximum Gasteiger partial charge on any atom is 0.0154 e. The Kier molecular flexibility index (Phi) is 7.65. The second-order valence-electron chi connectivity index (χ2n) is 8.18. The van der Waals surface area contributed by atoms with E-state index in [-0.39, 0.29) is 0 Å². The van der Waals surface area contributed by atoms with Crippen LogP contribution in [0.5, 0.6) is 0 Å². The van der Waals surface area contributed by atoms with E-state index < -0.39 is 0 Å². The average molecular weight is 345 g/mol. The van der Waals surface area contributed by atoms with Crippen molar-refractivity contribution in [1.29, 1.82) is 0 Å². The molecule has 2 atom stereocenters. The third-order valence-corrected chi connectivity index (χ3v) is 8.71. The maximum absolute atomic E-state index is 2.47. The first-order valence-corrected chi connectivity index (χ1v) is 11.9. The van der Waals surface area contributed by atoms with Crippen molar-refractivity contribution < 1.29 is 0 Å². The van der Waals surface area contributed by atoms with Gasteiger partial charge in [-0.2, -0.15) is 0 Å². The van der Waals surface area contributed by atoms with Gasteiger partial charge in [-0.15, -0.1) is 8.58 Å². The lowest BCUT2D eigenvalue weighted by atomic mass is 9.76. The molecule has 1 saturated carbocycles. The van der Waals surface area contributed by atoms with Gasteiger partial charge in [0, 0.05) is 5.16 Å². The Balaban J connectivity index is 1.89. The minimum absolute atomic E-state index is 0.510. The summed E-state index contributed by atoms with van der Waals surface area (Å²) < 4.78 is 0. The molecule has 0 N–H and O–H groups in total. The molecule has 2 aliphatic rings. The van der Waals surface area contributed by atoms with Crippen LogP contribution in [0.4, 0.5) is 0 Å². The fraction of sp³-hybridized carbons (Fsp3) is 0.739. The Labute approximate surface area is 152 Å². The normalized spacial score (nSPS) is 29.7. The van der Waals surface area contributed by atoms with Crippen molar-refractivity contribution in [3.05, 3.63) is 35.9 Å². The second-order valence-corrected chi connectivity index (χ2v) is 9.92. The minimum Gasteiger partial charge on any atom is -0.111 e. The van der Waals surface area contributed by atoms with E-state index in [1.807, 2.05) is 0 Å². The van der Waals surface area contributed by atoms with Crippen molar-refractivity contribution in [3.63, 3.8) is 0 Å². The fourth-order valence-corrected chi connectivity index (χ4v) is 7.33. The molecule has 3 rings (SSSR count). The summed E-state index contributed by atoms with van der Waals surface area (Å²) in [5.41, 5.74) is 1.69. The highest BCUT2D eigenvalue weighted by atomic mass is 31.1. The van der Waals surface area contributed by atoms with Gasteiger partial charge < -0.3 is 0 Å². The lowest BCUT2D eigenvalue weighted by Gasteiger charge is -2.42. The Morgan fingerprint density at radius 2 is 1.25 bits per heavy atom. The van der Waals surface area contributed by atoms with E-state index in [0.717, 1.165) is 14.5 Å². The lowest BCUT2D eigenvalue weighted by Crippen LogP contribution is -2.31. The molecule has 134 valence electrons. The van der Waals surface area contributed by atoms with Gasteiger partial charge in [-0.1, -0.05) is 94.5 Å². The summed E-state index contributed by atoms with van der Waals surface area (Å²) in [6.45, 7) is 0. The van der Waals surface area contributed by atoms with Crippen molar-refractivity contribution in [1.82, 2.24) is 0 Å². The molecule has 0 nitrogen and oxygen atoms in total. The molecule has 0 amide bonds. The molecule has 1 aromatic carbocycles. The lowest BCUT2D eigenvalue weighted by molar-refractivity contribution is 0.298. The summed E-state index contributed by atoms with van der Waals surface area (Å²) in [6.07, 6.45) is 22.1. The summed E-state index contributed by atoms with van der Waals surface area (Å²) in [7, 11) is 1.15. The zero-order valence-electron chi connectivity index (χ0n) is 15.6. The standard InChI is InChI=1S/C23H37P/c1-2-5-10-16-21(15-9-4-1)23(22-17-11-8-12-18-22)19-13-6-3-7-14-20-24-23/h8,11-12,17-18,21,24H,1-7,9-10,13-16,19-20H2. The van der Waals surface area contributed by atoms with Crippen LogP contribution < -0.4 is 0 Å².